The molecule has 5 nitrogen and oxygen atoms in total. The molecule has 1 N–H and O–H groups in total. The van der Waals surface area contributed by atoms with E-state index in [4.69, 9.17) is 0 Å². The quantitative estimate of drug-likeness (QED) is 0.864. The maximum absolute atomic E-state index is 11.3. The monoisotopic (exact) mass is 325 g/mol. The highest BCUT2D eigenvalue weighted by Gasteiger charge is 2.24. The van der Waals surface area contributed by atoms with Gasteiger partial charge in [-0.25, -0.2) is 13.1 Å². The van der Waals surface area contributed by atoms with Crippen molar-refractivity contribution in [2.45, 2.75) is 31.8 Å². The summed E-state index contributed by atoms with van der Waals surface area (Å²) in [6.45, 7) is 2.39. The molecule has 0 amide bonds. The topological polar surface area (TPSA) is 52.6 Å². The molecule has 6 heteroatoms. The molecule has 0 spiro atoms. The second-order valence-electron chi connectivity index (χ2n) is 6.26. The summed E-state index contributed by atoms with van der Waals surface area (Å²) in [5, 5.41) is 0. The van der Waals surface area contributed by atoms with Gasteiger partial charge in [-0.05, 0) is 31.0 Å². The van der Waals surface area contributed by atoms with Gasteiger partial charge < -0.3 is 4.90 Å². The number of rotatable bonds is 6. The van der Waals surface area contributed by atoms with E-state index in [1.165, 1.54) is 30.3 Å². The zero-order chi connectivity index (χ0) is 16.2. The number of hydrogen-bond acceptors (Lipinski definition) is 4. The van der Waals surface area contributed by atoms with Crippen molar-refractivity contribution in [2.24, 2.45) is 0 Å². The minimum Gasteiger partial charge on any atom is -0.377 e. The molecular weight excluding hydrogens is 298 g/mol. The molecule has 2 rings (SSSR count). The predicted molar refractivity (Wildman–Crippen MR) is 91.7 cm³/mol. The molecule has 1 aliphatic rings. The summed E-state index contributed by atoms with van der Waals surface area (Å²) in [4.78, 5) is 4.53. The van der Waals surface area contributed by atoms with E-state index in [-0.39, 0.29) is 6.04 Å². The molecule has 1 aromatic rings. The van der Waals surface area contributed by atoms with Gasteiger partial charge in [-0.2, -0.15) is 0 Å². The van der Waals surface area contributed by atoms with Gasteiger partial charge in [0, 0.05) is 38.9 Å². The third-order valence-corrected chi connectivity index (χ3v) is 4.87. The fourth-order valence-corrected chi connectivity index (χ4v) is 3.54. The molecule has 1 saturated heterocycles. The second kappa shape index (κ2) is 7.44. The Morgan fingerprint density at radius 3 is 2.68 bits per heavy atom. The lowest BCUT2D eigenvalue weighted by Crippen LogP contribution is -2.46. The van der Waals surface area contributed by atoms with Gasteiger partial charge in [-0.15, -0.1) is 0 Å². The Hall–Kier alpha value is -1.11. The lowest BCUT2D eigenvalue weighted by molar-refractivity contribution is 0.142. The zero-order valence-electron chi connectivity index (χ0n) is 13.7. The Morgan fingerprint density at radius 2 is 2.00 bits per heavy atom. The standard InChI is InChI=1S/C16H27N3O2S/c1-18(2)16-10-5-4-8-14(16)13-19-11-7-6-9-15(19)12-17-22(3,20)21/h4-5,8,10,15,17H,6-7,9,11-13H2,1-3H3/t15-/m0/s1. The molecular formula is C16H27N3O2S. The van der Waals surface area contributed by atoms with Gasteiger partial charge in [0.25, 0.3) is 0 Å². The molecule has 1 fully saturated rings. The average Bonchev–Trinajstić information content (AvgIpc) is 2.46. The number of nitrogens with one attached hydrogen (secondary N) is 1. The largest absolute Gasteiger partial charge is 0.377 e. The van der Waals surface area contributed by atoms with Crippen LogP contribution in [0, 0.1) is 0 Å². The summed E-state index contributed by atoms with van der Waals surface area (Å²) < 4.78 is 25.4. The number of nitrogens with zero attached hydrogens (tertiary/aromatic N) is 2. The number of para-hydroxylation sites is 1. The van der Waals surface area contributed by atoms with E-state index in [0.717, 1.165) is 19.5 Å². The van der Waals surface area contributed by atoms with E-state index >= 15 is 0 Å². The molecule has 1 aliphatic heterocycles. The molecule has 0 unspecified atom stereocenters. The molecule has 124 valence electrons. The van der Waals surface area contributed by atoms with Crippen molar-refractivity contribution in [3.05, 3.63) is 29.8 Å². The normalized spacial score (nSPS) is 20.0. The van der Waals surface area contributed by atoms with Crippen LogP contribution >= 0.6 is 0 Å². The Kier molecular flexibility index (Phi) is 5.83. The van der Waals surface area contributed by atoms with Crippen LogP contribution in [-0.4, -0.2) is 52.8 Å². The van der Waals surface area contributed by atoms with Crippen molar-refractivity contribution >= 4 is 15.7 Å². The summed E-state index contributed by atoms with van der Waals surface area (Å²) >= 11 is 0. The Balaban J connectivity index is 2.08. The molecule has 0 radical (unpaired) electrons. The van der Waals surface area contributed by atoms with Crippen LogP contribution in [0.5, 0.6) is 0 Å². The third-order valence-electron chi connectivity index (χ3n) is 4.18. The van der Waals surface area contributed by atoms with Crippen molar-refractivity contribution in [1.82, 2.24) is 9.62 Å². The van der Waals surface area contributed by atoms with Crippen LogP contribution < -0.4 is 9.62 Å². The summed E-state index contributed by atoms with van der Waals surface area (Å²) in [5.41, 5.74) is 2.52. The highest BCUT2D eigenvalue weighted by Crippen LogP contribution is 2.24. The minimum atomic E-state index is -3.13. The summed E-state index contributed by atoms with van der Waals surface area (Å²) in [6, 6.07) is 8.68. The molecule has 0 saturated carbocycles. The van der Waals surface area contributed by atoms with Crippen LogP contribution in [0.4, 0.5) is 5.69 Å². The first-order chi connectivity index (χ1) is 10.4. The summed E-state index contributed by atoms with van der Waals surface area (Å²) in [7, 11) is 0.980. The molecule has 1 heterocycles. The third kappa shape index (κ3) is 4.97. The molecule has 0 aliphatic carbocycles. The van der Waals surface area contributed by atoms with Gasteiger partial charge >= 0.3 is 0 Å². The first-order valence-corrected chi connectivity index (χ1v) is 9.70. The maximum atomic E-state index is 11.3. The minimum absolute atomic E-state index is 0.277. The number of likely N-dealkylation sites (tertiary alicyclic amines) is 1. The smallest absolute Gasteiger partial charge is 0.208 e. The first kappa shape index (κ1) is 17.2. The van der Waals surface area contributed by atoms with Gasteiger partial charge in [-0.3, -0.25) is 4.90 Å². The highest BCUT2D eigenvalue weighted by molar-refractivity contribution is 7.88. The predicted octanol–water partition coefficient (Wildman–Crippen LogP) is 1.66. The first-order valence-electron chi connectivity index (χ1n) is 7.81. The van der Waals surface area contributed by atoms with Gasteiger partial charge in [0.1, 0.15) is 0 Å². The number of hydrogen-bond donors (Lipinski definition) is 1. The van der Waals surface area contributed by atoms with E-state index in [0.29, 0.717) is 6.54 Å². The second-order valence-corrected chi connectivity index (χ2v) is 8.10. The lowest BCUT2D eigenvalue weighted by Gasteiger charge is -2.36. The highest BCUT2D eigenvalue weighted by atomic mass is 32.2. The van der Waals surface area contributed by atoms with Crippen LogP contribution in [0.2, 0.25) is 0 Å². The van der Waals surface area contributed by atoms with E-state index in [1.807, 2.05) is 0 Å². The van der Waals surface area contributed by atoms with Crippen LogP contribution in [0.1, 0.15) is 24.8 Å². The number of piperidine rings is 1. The molecule has 22 heavy (non-hydrogen) atoms. The lowest BCUT2D eigenvalue weighted by atomic mass is 10.0. The van der Waals surface area contributed by atoms with Crippen LogP contribution in [0.3, 0.4) is 0 Å². The SMILES string of the molecule is CN(C)c1ccccc1CN1CCCC[C@H]1CNS(C)(=O)=O. The fraction of sp³-hybridized carbons (Fsp3) is 0.625. The van der Waals surface area contributed by atoms with Crippen molar-refractivity contribution < 1.29 is 8.42 Å². The van der Waals surface area contributed by atoms with Gasteiger partial charge in [-0.1, -0.05) is 24.6 Å². The van der Waals surface area contributed by atoms with Crippen LogP contribution in [-0.2, 0) is 16.6 Å². The molecule has 0 bridgehead atoms. The average molecular weight is 325 g/mol. The summed E-state index contributed by atoms with van der Waals surface area (Å²) in [5.74, 6) is 0. The zero-order valence-corrected chi connectivity index (χ0v) is 14.6. The number of benzene rings is 1. The van der Waals surface area contributed by atoms with Crippen molar-refractivity contribution in [3.63, 3.8) is 0 Å². The maximum Gasteiger partial charge on any atom is 0.208 e. The van der Waals surface area contributed by atoms with E-state index in [9.17, 15) is 8.42 Å². The number of anilines is 1. The van der Waals surface area contributed by atoms with Gasteiger partial charge in [0.05, 0.1) is 6.26 Å². The molecule has 0 aromatic heterocycles. The Labute approximate surface area is 134 Å². The summed E-state index contributed by atoms with van der Waals surface area (Å²) in [6.07, 6.45) is 4.62. The van der Waals surface area contributed by atoms with Crippen molar-refractivity contribution in [3.8, 4) is 0 Å². The molecule has 1 atom stereocenters. The fourth-order valence-electron chi connectivity index (χ4n) is 3.05. The van der Waals surface area contributed by atoms with Crippen LogP contribution in [0.25, 0.3) is 0 Å². The van der Waals surface area contributed by atoms with Crippen LogP contribution in [0.15, 0.2) is 24.3 Å². The molecule has 1 aromatic carbocycles. The van der Waals surface area contributed by atoms with Crippen molar-refractivity contribution in [2.75, 3.05) is 38.3 Å². The van der Waals surface area contributed by atoms with E-state index < -0.39 is 10.0 Å². The van der Waals surface area contributed by atoms with E-state index in [2.05, 4.69) is 52.9 Å². The van der Waals surface area contributed by atoms with E-state index in [1.54, 1.807) is 0 Å². The Bertz CT molecular complexity index is 587. The number of sulfonamides is 1. The van der Waals surface area contributed by atoms with Crippen molar-refractivity contribution in [1.29, 1.82) is 0 Å². The van der Waals surface area contributed by atoms with Gasteiger partial charge in [0.15, 0.2) is 0 Å². The van der Waals surface area contributed by atoms with Gasteiger partial charge in [0.2, 0.25) is 10.0 Å². The Morgan fingerprint density at radius 1 is 1.27 bits per heavy atom.